The summed E-state index contributed by atoms with van der Waals surface area (Å²) in [7, 11) is -3.97. The van der Waals surface area contributed by atoms with Gasteiger partial charge < -0.3 is 10.1 Å². The second-order valence-electron chi connectivity index (χ2n) is 3.91. The first kappa shape index (κ1) is 14.4. The molecule has 0 saturated carbocycles. The predicted octanol–water partition coefficient (Wildman–Crippen LogP) is 1.56. The van der Waals surface area contributed by atoms with Gasteiger partial charge in [0.05, 0.1) is 11.9 Å². The fourth-order valence-corrected chi connectivity index (χ4v) is 2.42. The molecule has 0 aliphatic rings. The predicted molar refractivity (Wildman–Crippen MR) is 74.1 cm³/mol. The van der Waals surface area contributed by atoms with Crippen molar-refractivity contribution in [1.82, 2.24) is 9.97 Å². The Labute approximate surface area is 119 Å². The Morgan fingerprint density at radius 1 is 1.35 bits per heavy atom. The van der Waals surface area contributed by atoms with Crippen molar-refractivity contribution < 1.29 is 18.3 Å². The van der Waals surface area contributed by atoms with Gasteiger partial charge >= 0.3 is 5.97 Å². The Balaban J connectivity index is 2.17. The van der Waals surface area contributed by atoms with Crippen LogP contribution in [-0.4, -0.2) is 35.2 Å². The number of carboxylic acids is 1. The molecular weight excluding hydrogens is 306 g/mol. The Morgan fingerprint density at radius 3 is 2.60 bits per heavy atom. The number of aromatic nitrogens is 2. The fraction of sp³-hybridized carbons (Fsp3) is 0.0909. The van der Waals surface area contributed by atoms with Gasteiger partial charge in [-0.3, -0.25) is 9.52 Å². The lowest BCUT2D eigenvalue weighted by Crippen LogP contribution is -2.22. The van der Waals surface area contributed by atoms with Gasteiger partial charge in [-0.05, 0) is 17.7 Å². The first-order valence-corrected chi connectivity index (χ1v) is 7.42. The molecule has 1 aromatic carbocycles. The van der Waals surface area contributed by atoms with Crippen molar-refractivity contribution in [2.45, 2.75) is 0 Å². The second-order valence-corrected chi connectivity index (χ2v) is 6.07. The van der Waals surface area contributed by atoms with E-state index in [1.807, 2.05) is 4.72 Å². The summed E-state index contributed by atoms with van der Waals surface area (Å²) in [5, 5.41) is 9.05. The van der Waals surface area contributed by atoms with Crippen LogP contribution >= 0.6 is 11.6 Å². The summed E-state index contributed by atoms with van der Waals surface area (Å²) in [6, 6.07) is 6.86. The number of carboxylic acid groups (broad SMARTS) is 1. The maximum Gasteiger partial charge on any atom is 0.320 e. The first-order valence-electron chi connectivity index (χ1n) is 5.39. The Morgan fingerprint density at radius 2 is 2.00 bits per heavy atom. The number of rotatable bonds is 5. The molecule has 0 amide bonds. The quantitative estimate of drug-likeness (QED) is 0.775. The van der Waals surface area contributed by atoms with Crippen LogP contribution in [0.5, 0.6) is 0 Å². The van der Waals surface area contributed by atoms with Gasteiger partial charge in [-0.25, -0.2) is 13.4 Å². The topological polar surface area (TPSA) is 112 Å². The van der Waals surface area contributed by atoms with E-state index in [2.05, 4.69) is 9.97 Å². The SMILES string of the molecule is O=C(O)CS(=O)(=O)Nc1ncc(-c2ccc(Cl)cc2)[nH]1. The number of nitrogens with one attached hydrogen (secondary N) is 2. The third-order valence-electron chi connectivity index (χ3n) is 2.30. The van der Waals surface area contributed by atoms with Crippen molar-refractivity contribution in [2.24, 2.45) is 0 Å². The largest absolute Gasteiger partial charge is 0.480 e. The van der Waals surface area contributed by atoms with E-state index in [1.165, 1.54) is 6.20 Å². The maximum atomic E-state index is 11.4. The van der Waals surface area contributed by atoms with E-state index < -0.39 is 21.7 Å². The van der Waals surface area contributed by atoms with Gasteiger partial charge in [-0.15, -0.1) is 0 Å². The minimum absolute atomic E-state index is 0.0452. The fourth-order valence-electron chi connectivity index (χ4n) is 1.50. The highest BCUT2D eigenvalue weighted by Gasteiger charge is 2.17. The second kappa shape index (κ2) is 5.51. The highest BCUT2D eigenvalue weighted by Crippen LogP contribution is 2.21. The molecule has 9 heteroatoms. The molecule has 106 valence electrons. The zero-order valence-corrected chi connectivity index (χ0v) is 11.6. The number of carbonyl (C=O) groups is 1. The Kier molecular flexibility index (Phi) is 3.96. The molecule has 0 saturated heterocycles. The Hall–Kier alpha value is -2.06. The minimum Gasteiger partial charge on any atom is -0.480 e. The van der Waals surface area contributed by atoms with Crippen LogP contribution in [0.25, 0.3) is 11.3 Å². The van der Waals surface area contributed by atoms with Crippen molar-refractivity contribution >= 4 is 33.5 Å². The van der Waals surface area contributed by atoms with Gasteiger partial charge in [0.25, 0.3) is 0 Å². The number of imidazole rings is 1. The van der Waals surface area contributed by atoms with Crippen molar-refractivity contribution in [3.63, 3.8) is 0 Å². The van der Waals surface area contributed by atoms with Crippen LogP contribution in [0.2, 0.25) is 5.02 Å². The molecule has 0 unspecified atom stereocenters. The van der Waals surface area contributed by atoms with Crippen LogP contribution in [0.1, 0.15) is 0 Å². The summed E-state index contributed by atoms with van der Waals surface area (Å²) in [6.07, 6.45) is 1.43. The van der Waals surface area contributed by atoms with E-state index in [0.29, 0.717) is 10.7 Å². The first-order chi connectivity index (χ1) is 9.35. The molecule has 7 nitrogen and oxygen atoms in total. The molecule has 0 spiro atoms. The number of H-pyrrole nitrogens is 1. The van der Waals surface area contributed by atoms with Crippen LogP contribution in [0.3, 0.4) is 0 Å². The monoisotopic (exact) mass is 315 g/mol. The van der Waals surface area contributed by atoms with E-state index in [0.717, 1.165) is 5.56 Å². The van der Waals surface area contributed by atoms with Gasteiger partial charge in [0.1, 0.15) is 0 Å². The number of anilines is 1. The van der Waals surface area contributed by atoms with Crippen LogP contribution in [-0.2, 0) is 14.8 Å². The van der Waals surface area contributed by atoms with Crippen molar-refractivity contribution in [2.75, 3.05) is 10.5 Å². The molecule has 1 heterocycles. The molecule has 2 aromatic rings. The summed E-state index contributed by atoms with van der Waals surface area (Å²) >= 11 is 5.77. The average Bonchev–Trinajstić information content (AvgIpc) is 2.75. The number of aliphatic carboxylic acids is 1. The lowest BCUT2D eigenvalue weighted by molar-refractivity contribution is -0.134. The molecule has 20 heavy (non-hydrogen) atoms. The van der Waals surface area contributed by atoms with Crippen molar-refractivity contribution in [1.29, 1.82) is 0 Å². The van der Waals surface area contributed by atoms with Gasteiger partial charge in [-0.1, -0.05) is 23.7 Å². The smallest absolute Gasteiger partial charge is 0.320 e. The normalized spacial score (nSPS) is 11.2. The highest BCUT2D eigenvalue weighted by molar-refractivity contribution is 7.93. The van der Waals surface area contributed by atoms with Crippen LogP contribution in [0, 0.1) is 0 Å². The van der Waals surface area contributed by atoms with E-state index in [4.69, 9.17) is 16.7 Å². The number of aromatic amines is 1. The number of sulfonamides is 1. The van der Waals surface area contributed by atoms with E-state index in [1.54, 1.807) is 24.3 Å². The van der Waals surface area contributed by atoms with Crippen molar-refractivity contribution in [3.05, 3.63) is 35.5 Å². The molecule has 0 atom stereocenters. The number of hydrogen-bond donors (Lipinski definition) is 3. The zero-order chi connectivity index (χ0) is 14.8. The zero-order valence-electron chi connectivity index (χ0n) is 10.00. The standard InChI is InChI=1S/C11H10ClN3O4S/c12-8-3-1-7(2-4-8)9-5-13-11(14-9)15-20(18,19)6-10(16)17/h1-5H,6H2,(H,16,17)(H2,13,14,15). The van der Waals surface area contributed by atoms with E-state index in [-0.39, 0.29) is 5.95 Å². The number of nitrogens with zero attached hydrogens (tertiary/aromatic N) is 1. The summed E-state index contributed by atoms with van der Waals surface area (Å²) in [4.78, 5) is 17.0. The summed E-state index contributed by atoms with van der Waals surface area (Å²) in [6.45, 7) is 0. The number of halogens is 1. The Bertz CT molecular complexity index is 724. The molecule has 3 N–H and O–H groups in total. The van der Waals surface area contributed by atoms with Crippen LogP contribution < -0.4 is 4.72 Å². The third kappa shape index (κ3) is 3.72. The molecular formula is C11H10ClN3O4S. The van der Waals surface area contributed by atoms with E-state index >= 15 is 0 Å². The number of hydrogen-bond acceptors (Lipinski definition) is 4. The molecule has 0 fully saturated rings. The molecule has 1 aromatic heterocycles. The molecule has 0 radical (unpaired) electrons. The van der Waals surface area contributed by atoms with Gasteiger partial charge in [0, 0.05) is 5.02 Å². The lowest BCUT2D eigenvalue weighted by Gasteiger charge is -2.02. The molecule has 0 bridgehead atoms. The maximum absolute atomic E-state index is 11.4. The van der Waals surface area contributed by atoms with Crippen LogP contribution in [0.15, 0.2) is 30.5 Å². The summed E-state index contributed by atoms with van der Waals surface area (Å²) in [5.74, 6) is -2.51. The summed E-state index contributed by atoms with van der Waals surface area (Å²) < 4.78 is 24.9. The van der Waals surface area contributed by atoms with E-state index in [9.17, 15) is 13.2 Å². The lowest BCUT2D eigenvalue weighted by atomic mass is 10.2. The molecule has 2 rings (SSSR count). The average molecular weight is 316 g/mol. The van der Waals surface area contributed by atoms with Crippen molar-refractivity contribution in [3.8, 4) is 11.3 Å². The summed E-state index contributed by atoms with van der Waals surface area (Å²) in [5.41, 5.74) is 1.35. The van der Waals surface area contributed by atoms with Gasteiger partial charge in [0.2, 0.25) is 16.0 Å². The minimum atomic E-state index is -3.97. The molecule has 0 aliphatic carbocycles. The third-order valence-corrected chi connectivity index (χ3v) is 3.68. The van der Waals surface area contributed by atoms with Gasteiger partial charge in [0.15, 0.2) is 5.75 Å². The number of benzene rings is 1. The highest BCUT2D eigenvalue weighted by atomic mass is 35.5. The molecule has 0 aliphatic heterocycles. The van der Waals surface area contributed by atoms with Gasteiger partial charge in [-0.2, -0.15) is 0 Å². The van der Waals surface area contributed by atoms with Crippen LogP contribution in [0.4, 0.5) is 5.95 Å².